The van der Waals surface area contributed by atoms with Gasteiger partial charge in [0, 0.05) is 45.9 Å². The van der Waals surface area contributed by atoms with Gasteiger partial charge in [-0.15, -0.1) is 34.0 Å². The van der Waals surface area contributed by atoms with Crippen molar-refractivity contribution < 1.29 is 38.0 Å². The van der Waals surface area contributed by atoms with Gasteiger partial charge in [-0.05, 0) is 243 Å². The van der Waals surface area contributed by atoms with Crippen LogP contribution in [0.25, 0.3) is 20.2 Å². The average Bonchev–Trinajstić information content (AvgIpc) is 1.48. The number of hydrogen-bond donors (Lipinski definition) is 0. The van der Waals surface area contributed by atoms with E-state index in [0.717, 1.165) is 39.0 Å². The zero-order chi connectivity index (χ0) is 67.5. The number of halogens is 3. The maximum absolute atomic E-state index is 11.3. The summed E-state index contributed by atoms with van der Waals surface area (Å²) >= 11 is 20.0. The molecule has 3 aromatic heterocycles. The van der Waals surface area contributed by atoms with Gasteiger partial charge >= 0.3 is 5.97 Å². The molecular formula is C75H96BrCl2NO8S3. The number of rotatable bonds is 2. The first-order valence-electron chi connectivity index (χ1n) is 30.0. The van der Waals surface area contributed by atoms with Crippen LogP contribution in [0.4, 0.5) is 0 Å². The lowest BCUT2D eigenvalue weighted by Crippen LogP contribution is -2.26. The highest BCUT2D eigenvalue weighted by Gasteiger charge is 2.33. The molecule has 6 aliphatic rings. The van der Waals surface area contributed by atoms with Gasteiger partial charge in [-0.3, -0.25) is 9.59 Å². The molecule has 0 N–H and O–H groups in total. The summed E-state index contributed by atoms with van der Waals surface area (Å²) in [4.78, 5) is 29.3. The number of thiophene rings is 3. The molecule has 0 saturated heterocycles. The molecule has 488 valence electrons. The molecule has 0 radical (unpaired) electrons. The fourth-order valence-corrected chi connectivity index (χ4v) is 11.9. The van der Waals surface area contributed by atoms with Gasteiger partial charge in [0.2, 0.25) is 5.91 Å². The second kappa shape index (κ2) is 38.8. The SMILES string of the molecule is CC1=C(C)COC=C1.CC1=CC=COC1C.CC1=CC=COC1C.CC1=CCOC=C1C.CC1=NC(=O)CC=C1Br.CC1C(C(C)(C)C)=COC=C1C(C)(C)C.COC(=O)Cc1c(C)sc2ccccc12.Cc1sc2ccc(Cl)cc2c1C.Cc1sccc1Cl. The third kappa shape index (κ3) is 27.1. The number of esters is 1. The first-order valence-corrected chi connectivity index (χ1v) is 34.1. The van der Waals surface area contributed by atoms with E-state index < -0.39 is 0 Å². The highest BCUT2D eigenvalue weighted by atomic mass is 79.9. The van der Waals surface area contributed by atoms with E-state index in [1.54, 1.807) is 54.6 Å². The summed E-state index contributed by atoms with van der Waals surface area (Å²) in [6, 6.07) is 16.1. The molecule has 5 aromatic rings. The zero-order valence-electron chi connectivity index (χ0n) is 56.8. The molecule has 0 aliphatic carbocycles. The topological polar surface area (TPSA) is 102 Å². The van der Waals surface area contributed by atoms with Crippen molar-refractivity contribution in [2.24, 2.45) is 21.7 Å². The van der Waals surface area contributed by atoms with Crippen LogP contribution in [0, 0.1) is 44.4 Å². The molecule has 0 bridgehead atoms. The number of allylic oxidation sites excluding steroid dienone is 11. The van der Waals surface area contributed by atoms with Crippen LogP contribution in [0.15, 0.2) is 188 Å². The molecule has 15 heteroatoms. The Hall–Kier alpha value is -5.93. The molecule has 2 unspecified atom stereocenters. The quantitative estimate of drug-likeness (QED) is 0.161. The van der Waals surface area contributed by atoms with E-state index in [9.17, 15) is 9.59 Å². The van der Waals surface area contributed by atoms with Crippen molar-refractivity contribution in [2.75, 3.05) is 20.3 Å². The number of hydrogen-bond acceptors (Lipinski definition) is 11. The molecule has 9 heterocycles. The highest BCUT2D eigenvalue weighted by molar-refractivity contribution is 9.12. The number of methoxy groups -OCH3 is 1. The lowest BCUT2D eigenvalue weighted by molar-refractivity contribution is -0.139. The number of aryl methyl sites for hydroxylation is 4. The summed E-state index contributed by atoms with van der Waals surface area (Å²) in [5.41, 5.74) is 14.2. The fourth-order valence-electron chi connectivity index (χ4n) is 8.53. The molecule has 6 aliphatic heterocycles. The Kier molecular flexibility index (Phi) is 33.8. The highest BCUT2D eigenvalue weighted by Crippen LogP contribution is 2.43. The Morgan fingerprint density at radius 2 is 1.28 bits per heavy atom. The maximum atomic E-state index is 11.3. The van der Waals surface area contributed by atoms with Gasteiger partial charge in [-0.1, -0.05) is 108 Å². The van der Waals surface area contributed by atoms with Crippen LogP contribution in [0.2, 0.25) is 10.0 Å². The van der Waals surface area contributed by atoms with Gasteiger partial charge in [0.25, 0.3) is 0 Å². The number of nitrogens with zero attached hydrogens (tertiary/aromatic N) is 1. The van der Waals surface area contributed by atoms with Gasteiger partial charge < -0.3 is 28.4 Å². The molecule has 0 saturated carbocycles. The van der Waals surface area contributed by atoms with Gasteiger partial charge in [0.15, 0.2) is 0 Å². The van der Waals surface area contributed by atoms with Gasteiger partial charge in [0.05, 0.1) is 61.8 Å². The molecule has 9 nitrogen and oxygen atoms in total. The van der Waals surface area contributed by atoms with Crippen LogP contribution in [0.3, 0.4) is 0 Å². The standard InChI is InChI=1S/C14H24O.C12H12O2S.C10H9ClS.4C7H10O.C6H6BrNO.C5H5ClS/c1-10-11(13(2,3)4)8-15-9-12(10)14(5,6)7;1-8-10(7-12(13)14-2)9-5-3-4-6-11(9)15-8;1-6-7(2)12-10-4-3-8(11)5-9(6)10;2*1-6-3-4-8-5-7(6)2;2*1-6-4-3-5-8-7(6)2;1-4-5(7)2-3-6(9)8-4;1-4-5(6)2-3-7-4/h8-10H,1-7H3;3-6H,7H2,1-2H3;3-5H,1-2H3;3,5H,4H2,1-2H3;3-4H,5H2,1-2H3;2*3-5,7H,1-2H3;2H,3H2,1H3;2-3H,1H3. The van der Waals surface area contributed by atoms with E-state index in [1.165, 1.54) is 92.1 Å². The lowest BCUT2D eigenvalue weighted by atomic mass is 9.70. The number of dihydropyridines is 1. The van der Waals surface area contributed by atoms with E-state index in [1.807, 2.05) is 118 Å². The number of benzene rings is 2. The zero-order valence-corrected chi connectivity index (χ0v) is 62.4. The van der Waals surface area contributed by atoms with E-state index in [4.69, 9.17) is 51.6 Å². The summed E-state index contributed by atoms with van der Waals surface area (Å²) in [5.74, 6) is 0.246. The Labute approximate surface area is 569 Å². The molecule has 0 fully saturated rings. The molecule has 0 spiro atoms. The number of fused-ring (bicyclic) bond motifs is 2. The van der Waals surface area contributed by atoms with E-state index >= 15 is 0 Å². The molecule has 11 rings (SSSR count). The minimum Gasteiger partial charge on any atom is -0.497 e. The molecular weight excluding hydrogens is 1290 g/mol. The number of ether oxygens (including phenoxy) is 6. The first-order chi connectivity index (χ1) is 42.3. The Balaban J connectivity index is 0.000000268. The third-order valence-corrected chi connectivity index (χ3v) is 19.8. The van der Waals surface area contributed by atoms with Crippen molar-refractivity contribution in [1.82, 2.24) is 0 Å². The smallest absolute Gasteiger partial charge is 0.310 e. The van der Waals surface area contributed by atoms with Crippen molar-refractivity contribution >= 4 is 111 Å². The minimum atomic E-state index is -0.179. The fraction of sp³-hybridized carbons (Fsp3) is 0.400. The predicted octanol–water partition coefficient (Wildman–Crippen LogP) is 23.4. The van der Waals surface area contributed by atoms with Crippen LogP contribution < -0.4 is 0 Å². The first kappa shape index (κ1) is 78.3. The largest absolute Gasteiger partial charge is 0.497 e. The summed E-state index contributed by atoms with van der Waals surface area (Å²) < 4.78 is 34.0. The van der Waals surface area contributed by atoms with Crippen LogP contribution in [0.1, 0.15) is 143 Å². The number of aliphatic imine (C=N–C) groups is 1. The Morgan fingerprint density at radius 3 is 1.70 bits per heavy atom. The lowest BCUT2D eigenvalue weighted by Gasteiger charge is -2.36. The summed E-state index contributed by atoms with van der Waals surface area (Å²) in [7, 11) is 1.42. The second-order valence-electron chi connectivity index (χ2n) is 24.1. The van der Waals surface area contributed by atoms with E-state index in [-0.39, 0.29) is 34.9 Å². The van der Waals surface area contributed by atoms with Gasteiger partial charge in [-0.25, -0.2) is 4.99 Å². The molecule has 90 heavy (non-hydrogen) atoms. The van der Waals surface area contributed by atoms with Crippen molar-refractivity contribution in [1.29, 1.82) is 0 Å². The predicted molar refractivity (Wildman–Crippen MR) is 392 cm³/mol. The third-order valence-electron chi connectivity index (χ3n) is 15.0. The van der Waals surface area contributed by atoms with Gasteiger partial charge in [-0.2, -0.15) is 0 Å². The maximum Gasteiger partial charge on any atom is 0.310 e. The van der Waals surface area contributed by atoms with E-state index in [2.05, 4.69) is 154 Å². The normalized spacial score (nSPS) is 17.2. The van der Waals surface area contributed by atoms with Crippen molar-refractivity contribution in [3.05, 3.63) is 219 Å². The number of amides is 1. The summed E-state index contributed by atoms with van der Waals surface area (Å²) in [5, 5.41) is 6.15. The molecule has 2 atom stereocenters. The second-order valence-corrected chi connectivity index (χ2v) is 29.4. The number of carbonyl (C=O) groups excluding carboxylic acids is 2. The Bertz CT molecular complexity index is 3480. The van der Waals surface area contributed by atoms with Crippen molar-refractivity contribution in [3.8, 4) is 0 Å². The summed E-state index contributed by atoms with van der Waals surface area (Å²) in [6.07, 6.45) is 26.0. The van der Waals surface area contributed by atoms with Crippen LogP contribution in [-0.4, -0.2) is 50.1 Å². The van der Waals surface area contributed by atoms with Crippen molar-refractivity contribution in [3.63, 3.8) is 0 Å². The minimum absolute atomic E-state index is 0.0595. The van der Waals surface area contributed by atoms with Gasteiger partial charge in [0.1, 0.15) is 25.4 Å². The van der Waals surface area contributed by atoms with Crippen LogP contribution in [-0.2, 0) is 44.4 Å². The average molecular weight is 1390 g/mol. The number of carbonyl (C=O) groups is 2. The van der Waals surface area contributed by atoms with Crippen LogP contribution >= 0.6 is 73.1 Å². The molecule has 1 amide bonds. The molecule has 2 aromatic carbocycles. The monoisotopic (exact) mass is 1380 g/mol. The summed E-state index contributed by atoms with van der Waals surface area (Å²) in [6.45, 7) is 43.9. The van der Waals surface area contributed by atoms with Crippen LogP contribution in [0.5, 0.6) is 0 Å². The van der Waals surface area contributed by atoms with E-state index in [0.29, 0.717) is 18.8 Å². The Morgan fingerprint density at radius 1 is 0.700 bits per heavy atom. The van der Waals surface area contributed by atoms with Crippen molar-refractivity contribution in [2.45, 2.75) is 164 Å².